The van der Waals surface area contributed by atoms with Gasteiger partial charge in [-0.1, -0.05) is 19.4 Å². The molecule has 0 bridgehead atoms. The Morgan fingerprint density at radius 2 is 2.24 bits per heavy atom. The molecule has 1 rings (SSSR count). The maximum atomic E-state index is 4.67. The number of likely N-dealkylation sites (N-methyl/N-ethyl adjacent to an activating group) is 1. The van der Waals surface area contributed by atoms with Crippen molar-refractivity contribution in [1.82, 2.24) is 10.3 Å². The van der Waals surface area contributed by atoms with Crippen LogP contribution in [0.25, 0.3) is 0 Å². The van der Waals surface area contributed by atoms with Crippen LogP contribution in [0.2, 0.25) is 0 Å². The lowest BCUT2D eigenvalue weighted by Gasteiger charge is -2.18. The summed E-state index contributed by atoms with van der Waals surface area (Å²) in [6.45, 7) is 7.65. The van der Waals surface area contributed by atoms with Gasteiger partial charge in [-0.05, 0) is 31.2 Å². The lowest BCUT2D eigenvalue weighted by Crippen LogP contribution is -2.19. The molecule has 94 valence electrons. The number of hydrogen-bond acceptors (Lipinski definition) is 3. The monoisotopic (exact) mass is 233 g/mol. The van der Waals surface area contributed by atoms with Crippen molar-refractivity contribution in [3.8, 4) is 0 Å². The van der Waals surface area contributed by atoms with Gasteiger partial charge in [0, 0.05) is 25.8 Å². The van der Waals surface area contributed by atoms with Gasteiger partial charge in [-0.3, -0.25) is 0 Å². The molecule has 3 heteroatoms. The second-order valence-corrected chi connectivity index (χ2v) is 4.27. The van der Waals surface area contributed by atoms with Crippen molar-refractivity contribution < 1.29 is 0 Å². The first-order valence-corrected chi connectivity index (χ1v) is 6.17. The first kappa shape index (κ1) is 13.7. The molecule has 1 heterocycles. The first-order valence-electron chi connectivity index (χ1n) is 6.17. The highest BCUT2D eigenvalue weighted by Gasteiger charge is 2.05. The minimum absolute atomic E-state index is 0.821. The molecule has 0 fully saturated rings. The molecule has 0 atom stereocenters. The van der Waals surface area contributed by atoms with Crippen LogP contribution in [0.5, 0.6) is 0 Å². The minimum Gasteiger partial charge on any atom is -0.356 e. The zero-order chi connectivity index (χ0) is 12.7. The van der Waals surface area contributed by atoms with Gasteiger partial charge in [-0.15, -0.1) is 6.58 Å². The average Bonchev–Trinajstić information content (AvgIpc) is 2.30. The molecule has 0 saturated carbocycles. The summed E-state index contributed by atoms with van der Waals surface area (Å²) < 4.78 is 0. The number of pyridine rings is 1. The number of aryl methyl sites for hydroxylation is 1. The highest BCUT2D eigenvalue weighted by Crippen LogP contribution is 2.15. The zero-order valence-electron chi connectivity index (χ0n) is 11.2. The second-order valence-electron chi connectivity index (χ2n) is 4.27. The van der Waals surface area contributed by atoms with Crippen molar-refractivity contribution in [3.63, 3.8) is 0 Å². The Balaban J connectivity index is 2.97. The van der Waals surface area contributed by atoms with E-state index in [0.717, 1.165) is 31.7 Å². The topological polar surface area (TPSA) is 28.2 Å². The van der Waals surface area contributed by atoms with Crippen LogP contribution in [-0.4, -0.2) is 25.6 Å². The van der Waals surface area contributed by atoms with Gasteiger partial charge in [0.15, 0.2) is 0 Å². The van der Waals surface area contributed by atoms with Gasteiger partial charge >= 0.3 is 0 Å². The standard InChI is InChI=1S/C14H23N3/c1-5-7-13-9-12(11-15-3)10-14(16-13)17(4)8-6-2/h6,9-10,15H,2,5,7-8,11H2,1,3-4H3. The van der Waals surface area contributed by atoms with Crippen LogP contribution >= 0.6 is 0 Å². The molecular weight excluding hydrogens is 210 g/mol. The predicted octanol–water partition coefficient (Wildman–Crippen LogP) is 2.38. The van der Waals surface area contributed by atoms with Crippen molar-refractivity contribution in [2.45, 2.75) is 26.3 Å². The van der Waals surface area contributed by atoms with Crippen molar-refractivity contribution in [2.24, 2.45) is 0 Å². The fourth-order valence-corrected chi connectivity index (χ4v) is 1.81. The fourth-order valence-electron chi connectivity index (χ4n) is 1.81. The van der Waals surface area contributed by atoms with Crippen LogP contribution in [0.4, 0.5) is 5.82 Å². The molecule has 1 N–H and O–H groups in total. The van der Waals surface area contributed by atoms with Crippen LogP contribution in [0.15, 0.2) is 24.8 Å². The summed E-state index contributed by atoms with van der Waals surface area (Å²) in [5.41, 5.74) is 2.46. The first-order chi connectivity index (χ1) is 8.21. The van der Waals surface area contributed by atoms with Gasteiger partial charge in [0.05, 0.1) is 0 Å². The molecule has 17 heavy (non-hydrogen) atoms. The van der Waals surface area contributed by atoms with E-state index in [9.17, 15) is 0 Å². The van der Waals surface area contributed by atoms with Crippen LogP contribution in [0.1, 0.15) is 24.6 Å². The van der Waals surface area contributed by atoms with Gasteiger partial charge in [0.2, 0.25) is 0 Å². The van der Waals surface area contributed by atoms with Gasteiger partial charge in [0.1, 0.15) is 5.82 Å². The maximum Gasteiger partial charge on any atom is 0.129 e. The molecule has 0 radical (unpaired) electrons. The summed E-state index contributed by atoms with van der Waals surface area (Å²) >= 11 is 0. The Morgan fingerprint density at radius 3 is 2.82 bits per heavy atom. The number of rotatable bonds is 7. The molecule has 0 aliphatic heterocycles. The Bertz CT molecular complexity index is 336. The highest BCUT2D eigenvalue weighted by molar-refractivity contribution is 5.42. The summed E-state index contributed by atoms with van der Waals surface area (Å²) in [4.78, 5) is 6.79. The normalized spacial score (nSPS) is 10.3. The largest absolute Gasteiger partial charge is 0.356 e. The van der Waals surface area contributed by atoms with Gasteiger partial charge in [-0.2, -0.15) is 0 Å². The van der Waals surface area contributed by atoms with E-state index in [4.69, 9.17) is 0 Å². The van der Waals surface area contributed by atoms with E-state index < -0.39 is 0 Å². The molecule has 3 nitrogen and oxygen atoms in total. The highest BCUT2D eigenvalue weighted by atomic mass is 15.2. The van der Waals surface area contributed by atoms with Crippen molar-refractivity contribution >= 4 is 5.82 Å². The smallest absolute Gasteiger partial charge is 0.129 e. The van der Waals surface area contributed by atoms with E-state index in [1.807, 2.05) is 20.2 Å². The molecule has 0 aliphatic carbocycles. The molecule has 0 saturated heterocycles. The zero-order valence-corrected chi connectivity index (χ0v) is 11.2. The van der Waals surface area contributed by atoms with Gasteiger partial charge < -0.3 is 10.2 Å². The number of hydrogen-bond donors (Lipinski definition) is 1. The van der Waals surface area contributed by atoms with Gasteiger partial charge in [0.25, 0.3) is 0 Å². The minimum atomic E-state index is 0.821. The average molecular weight is 233 g/mol. The summed E-state index contributed by atoms with van der Waals surface area (Å²) in [6, 6.07) is 4.32. The third kappa shape index (κ3) is 4.19. The second kappa shape index (κ2) is 7.07. The maximum absolute atomic E-state index is 4.67. The Morgan fingerprint density at radius 1 is 1.47 bits per heavy atom. The summed E-state index contributed by atoms with van der Waals surface area (Å²) in [5, 5.41) is 3.19. The van der Waals surface area contributed by atoms with Crippen molar-refractivity contribution in [3.05, 3.63) is 36.0 Å². The van der Waals surface area contributed by atoms with E-state index in [2.05, 4.69) is 40.8 Å². The summed E-state index contributed by atoms with van der Waals surface area (Å²) in [6.07, 6.45) is 4.05. The Hall–Kier alpha value is -1.35. The van der Waals surface area contributed by atoms with E-state index in [1.165, 1.54) is 11.3 Å². The Labute approximate surface area is 105 Å². The molecule has 1 aromatic rings. The van der Waals surface area contributed by atoms with Crippen molar-refractivity contribution in [1.29, 1.82) is 0 Å². The quantitative estimate of drug-likeness (QED) is 0.733. The molecule has 0 unspecified atom stereocenters. The summed E-state index contributed by atoms with van der Waals surface area (Å²) in [5.74, 6) is 1.03. The third-order valence-electron chi connectivity index (χ3n) is 2.61. The van der Waals surface area contributed by atoms with Crippen LogP contribution in [0, 0.1) is 0 Å². The Kier molecular flexibility index (Phi) is 5.70. The number of nitrogens with zero attached hydrogens (tertiary/aromatic N) is 2. The van der Waals surface area contributed by atoms with Crippen LogP contribution < -0.4 is 10.2 Å². The van der Waals surface area contributed by atoms with E-state index in [-0.39, 0.29) is 0 Å². The molecule has 0 aliphatic rings. The fraction of sp³-hybridized carbons (Fsp3) is 0.500. The lowest BCUT2D eigenvalue weighted by molar-refractivity contribution is 0.802. The number of anilines is 1. The molecule has 0 spiro atoms. The van der Waals surface area contributed by atoms with E-state index >= 15 is 0 Å². The molecule has 1 aromatic heterocycles. The number of aromatic nitrogens is 1. The molecule has 0 aromatic carbocycles. The van der Waals surface area contributed by atoms with E-state index in [0.29, 0.717) is 0 Å². The summed E-state index contributed by atoms with van der Waals surface area (Å²) in [7, 11) is 4.01. The van der Waals surface area contributed by atoms with Crippen LogP contribution in [0.3, 0.4) is 0 Å². The third-order valence-corrected chi connectivity index (χ3v) is 2.61. The SMILES string of the molecule is C=CCN(C)c1cc(CNC)cc(CCC)n1. The van der Waals surface area contributed by atoms with Gasteiger partial charge in [-0.25, -0.2) is 4.98 Å². The molecular formula is C14H23N3. The predicted molar refractivity (Wildman–Crippen MR) is 74.5 cm³/mol. The molecule has 0 amide bonds. The van der Waals surface area contributed by atoms with Crippen molar-refractivity contribution in [2.75, 3.05) is 25.5 Å². The van der Waals surface area contributed by atoms with E-state index in [1.54, 1.807) is 0 Å². The lowest BCUT2D eigenvalue weighted by atomic mass is 10.1. The van der Waals surface area contributed by atoms with Crippen LogP contribution in [-0.2, 0) is 13.0 Å². The number of nitrogens with one attached hydrogen (secondary N) is 1.